The van der Waals surface area contributed by atoms with Gasteiger partial charge in [0.1, 0.15) is 11.9 Å². The van der Waals surface area contributed by atoms with Crippen molar-refractivity contribution >= 4 is 21.9 Å². The Labute approximate surface area is 108 Å². The third-order valence-corrected chi connectivity index (χ3v) is 3.13. The van der Waals surface area contributed by atoms with Gasteiger partial charge in [0.2, 0.25) is 0 Å². The number of hydrogen-bond donors (Lipinski definition) is 1. The molecule has 2 rings (SSSR count). The molecule has 1 aromatic rings. The summed E-state index contributed by atoms with van der Waals surface area (Å²) >= 11 is 3.43. The Hall–Kier alpha value is -1.07. The number of esters is 1. The number of rotatable bonds is 4. The molecule has 0 spiro atoms. The van der Waals surface area contributed by atoms with Crippen molar-refractivity contribution in [1.82, 2.24) is 5.32 Å². The van der Waals surface area contributed by atoms with Gasteiger partial charge in [-0.3, -0.25) is 4.79 Å². The van der Waals surface area contributed by atoms with Gasteiger partial charge in [-0.25, -0.2) is 0 Å². The Kier molecular flexibility index (Phi) is 4.02. The molecule has 1 N–H and O–H groups in total. The van der Waals surface area contributed by atoms with Crippen molar-refractivity contribution < 1.29 is 14.3 Å². The van der Waals surface area contributed by atoms with Crippen LogP contribution in [0.3, 0.4) is 0 Å². The number of fused-ring (bicyclic) bond motifs is 1. The smallest absolute Gasteiger partial charge is 0.319 e. The van der Waals surface area contributed by atoms with Crippen molar-refractivity contribution in [2.24, 2.45) is 0 Å². The zero-order chi connectivity index (χ0) is 12.3. The Morgan fingerprint density at radius 3 is 3.24 bits per heavy atom. The van der Waals surface area contributed by atoms with E-state index in [9.17, 15) is 4.79 Å². The molecule has 0 bridgehead atoms. The van der Waals surface area contributed by atoms with Gasteiger partial charge < -0.3 is 14.8 Å². The van der Waals surface area contributed by atoms with E-state index in [4.69, 9.17) is 4.74 Å². The van der Waals surface area contributed by atoms with E-state index in [1.54, 1.807) is 0 Å². The molecule has 5 heteroatoms. The standard InChI is InChI=1S/C12H14BrNO3/c1-16-12(15)7-14-6-10-5-8-4-9(13)2-3-11(8)17-10/h2-4,10,14H,5-7H2,1H3. The highest BCUT2D eigenvalue weighted by molar-refractivity contribution is 9.10. The van der Waals surface area contributed by atoms with Crippen molar-refractivity contribution in [3.8, 4) is 5.75 Å². The number of halogens is 1. The molecule has 0 radical (unpaired) electrons. The van der Waals surface area contributed by atoms with Crippen LogP contribution in [0.25, 0.3) is 0 Å². The average molecular weight is 300 g/mol. The normalized spacial score (nSPS) is 17.4. The number of carbonyl (C=O) groups excluding carboxylic acids is 1. The highest BCUT2D eigenvalue weighted by atomic mass is 79.9. The minimum absolute atomic E-state index is 0.0870. The summed E-state index contributed by atoms with van der Waals surface area (Å²) in [6.45, 7) is 0.859. The largest absolute Gasteiger partial charge is 0.488 e. The first-order chi connectivity index (χ1) is 8.19. The van der Waals surface area contributed by atoms with Crippen LogP contribution in [0.5, 0.6) is 5.75 Å². The second kappa shape index (κ2) is 5.51. The molecule has 17 heavy (non-hydrogen) atoms. The molecule has 1 aliphatic heterocycles. The molecule has 0 saturated heterocycles. The van der Waals surface area contributed by atoms with Gasteiger partial charge in [-0.05, 0) is 23.8 Å². The van der Waals surface area contributed by atoms with Crippen molar-refractivity contribution in [2.75, 3.05) is 20.2 Å². The van der Waals surface area contributed by atoms with E-state index in [1.807, 2.05) is 12.1 Å². The first-order valence-corrected chi connectivity index (χ1v) is 6.21. The van der Waals surface area contributed by atoms with Crippen molar-refractivity contribution in [2.45, 2.75) is 12.5 Å². The van der Waals surface area contributed by atoms with Crippen LogP contribution in [0.2, 0.25) is 0 Å². The maximum Gasteiger partial charge on any atom is 0.319 e. The SMILES string of the molecule is COC(=O)CNCC1Cc2cc(Br)ccc2O1. The average Bonchev–Trinajstić information content (AvgIpc) is 2.70. The summed E-state index contributed by atoms with van der Waals surface area (Å²) in [5.41, 5.74) is 1.20. The summed E-state index contributed by atoms with van der Waals surface area (Å²) in [7, 11) is 1.38. The molecule has 1 aliphatic rings. The van der Waals surface area contributed by atoms with Gasteiger partial charge >= 0.3 is 5.97 Å². The van der Waals surface area contributed by atoms with Gasteiger partial charge in [0, 0.05) is 17.4 Å². The molecule has 1 unspecified atom stereocenters. The number of benzene rings is 1. The molecule has 4 nitrogen and oxygen atoms in total. The van der Waals surface area contributed by atoms with E-state index < -0.39 is 0 Å². The third-order valence-electron chi connectivity index (χ3n) is 2.63. The quantitative estimate of drug-likeness (QED) is 0.856. The van der Waals surface area contributed by atoms with Gasteiger partial charge in [-0.1, -0.05) is 15.9 Å². The maximum atomic E-state index is 10.9. The molecule has 0 amide bonds. The van der Waals surface area contributed by atoms with E-state index >= 15 is 0 Å². The van der Waals surface area contributed by atoms with Gasteiger partial charge in [0.05, 0.1) is 13.7 Å². The second-order valence-electron chi connectivity index (χ2n) is 3.90. The fourth-order valence-electron chi connectivity index (χ4n) is 1.81. The summed E-state index contributed by atoms with van der Waals surface area (Å²) in [6, 6.07) is 5.98. The number of nitrogens with one attached hydrogen (secondary N) is 1. The molecule has 0 fully saturated rings. The van der Waals surface area contributed by atoms with Crippen molar-refractivity contribution in [1.29, 1.82) is 0 Å². The van der Waals surface area contributed by atoms with Gasteiger partial charge in [-0.2, -0.15) is 0 Å². The Morgan fingerprint density at radius 2 is 2.47 bits per heavy atom. The molecule has 0 aliphatic carbocycles. The molecule has 0 saturated carbocycles. The van der Waals surface area contributed by atoms with Gasteiger partial charge in [0.25, 0.3) is 0 Å². The lowest BCUT2D eigenvalue weighted by atomic mass is 10.1. The molecular weight excluding hydrogens is 286 g/mol. The Bertz CT molecular complexity index is 422. The van der Waals surface area contributed by atoms with E-state index in [1.165, 1.54) is 12.7 Å². The van der Waals surface area contributed by atoms with E-state index in [0.29, 0.717) is 6.54 Å². The van der Waals surface area contributed by atoms with Crippen LogP contribution in [0.15, 0.2) is 22.7 Å². The van der Waals surface area contributed by atoms with Crippen LogP contribution in [0, 0.1) is 0 Å². The first kappa shape index (κ1) is 12.4. The molecule has 1 atom stereocenters. The first-order valence-electron chi connectivity index (χ1n) is 5.41. The van der Waals surface area contributed by atoms with Crippen molar-refractivity contribution in [3.63, 3.8) is 0 Å². The summed E-state index contributed by atoms with van der Waals surface area (Å²) in [5, 5.41) is 3.02. The van der Waals surface area contributed by atoms with Crippen LogP contribution in [-0.4, -0.2) is 32.3 Å². The molecule has 0 aromatic heterocycles. The topological polar surface area (TPSA) is 47.6 Å². The minimum atomic E-state index is -0.261. The van der Waals surface area contributed by atoms with Crippen LogP contribution >= 0.6 is 15.9 Å². The number of hydrogen-bond acceptors (Lipinski definition) is 4. The number of methoxy groups -OCH3 is 1. The molecule has 1 aromatic carbocycles. The predicted molar refractivity (Wildman–Crippen MR) is 67.1 cm³/mol. The van der Waals surface area contributed by atoms with Crippen LogP contribution in [0.4, 0.5) is 0 Å². The van der Waals surface area contributed by atoms with E-state index in [2.05, 4.69) is 32.0 Å². The molecule has 1 heterocycles. The van der Waals surface area contributed by atoms with E-state index in [0.717, 1.165) is 16.6 Å². The molecule has 92 valence electrons. The maximum absolute atomic E-state index is 10.9. The number of carbonyl (C=O) groups is 1. The lowest BCUT2D eigenvalue weighted by Crippen LogP contribution is -2.33. The lowest BCUT2D eigenvalue weighted by Gasteiger charge is -2.10. The monoisotopic (exact) mass is 299 g/mol. The summed E-state index contributed by atoms with van der Waals surface area (Å²) in [5.74, 6) is 0.668. The zero-order valence-corrected chi connectivity index (χ0v) is 11.1. The Balaban J connectivity index is 1.82. The summed E-state index contributed by atoms with van der Waals surface area (Å²) < 4.78 is 11.3. The van der Waals surface area contributed by atoms with Gasteiger partial charge in [0.15, 0.2) is 0 Å². The fraction of sp³-hybridized carbons (Fsp3) is 0.417. The highest BCUT2D eigenvalue weighted by Crippen LogP contribution is 2.30. The van der Waals surface area contributed by atoms with Crippen LogP contribution in [-0.2, 0) is 16.0 Å². The predicted octanol–water partition coefficient (Wildman–Crippen LogP) is 1.52. The highest BCUT2D eigenvalue weighted by Gasteiger charge is 2.22. The van der Waals surface area contributed by atoms with Crippen molar-refractivity contribution in [3.05, 3.63) is 28.2 Å². The minimum Gasteiger partial charge on any atom is -0.488 e. The summed E-state index contributed by atoms with van der Waals surface area (Å²) in [6.07, 6.45) is 0.951. The van der Waals surface area contributed by atoms with Crippen LogP contribution < -0.4 is 10.1 Å². The molecular formula is C12H14BrNO3. The zero-order valence-electron chi connectivity index (χ0n) is 9.53. The number of ether oxygens (including phenoxy) is 2. The fourth-order valence-corrected chi connectivity index (χ4v) is 2.22. The van der Waals surface area contributed by atoms with E-state index in [-0.39, 0.29) is 18.6 Å². The lowest BCUT2D eigenvalue weighted by molar-refractivity contribution is -0.139. The summed E-state index contributed by atoms with van der Waals surface area (Å²) in [4.78, 5) is 10.9. The third kappa shape index (κ3) is 3.20. The second-order valence-corrected chi connectivity index (χ2v) is 4.82. The van der Waals surface area contributed by atoms with Crippen LogP contribution in [0.1, 0.15) is 5.56 Å². The Morgan fingerprint density at radius 1 is 1.65 bits per heavy atom. The van der Waals surface area contributed by atoms with Gasteiger partial charge in [-0.15, -0.1) is 0 Å².